The third-order valence-corrected chi connectivity index (χ3v) is 6.35. The van der Waals surface area contributed by atoms with Gasteiger partial charge in [-0.1, -0.05) is 0 Å². The quantitative estimate of drug-likeness (QED) is 0.684. The van der Waals surface area contributed by atoms with Crippen LogP contribution in [0.4, 0.5) is 0 Å². The van der Waals surface area contributed by atoms with Gasteiger partial charge < -0.3 is 23.9 Å². The van der Waals surface area contributed by atoms with E-state index in [0.29, 0.717) is 6.04 Å². The van der Waals surface area contributed by atoms with E-state index in [-0.39, 0.29) is 0 Å². The van der Waals surface area contributed by atoms with Crippen molar-refractivity contribution in [1.82, 2.24) is 4.90 Å². The Bertz CT molecular complexity index is 199. The average molecular weight is 262 g/mol. The van der Waals surface area contributed by atoms with Crippen LogP contribution >= 0.6 is 0 Å². The van der Waals surface area contributed by atoms with Crippen LogP contribution in [0.3, 0.4) is 0 Å². The van der Waals surface area contributed by atoms with Crippen molar-refractivity contribution in [1.29, 1.82) is 0 Å². The van der Waals surface area contributed by atoms with Gasteiger partial charge in [-0.05, 0) is 38.9 Å². The maximum Gasteiger partial charge on any atom is 0.500 e. The van der Waals surface area contributed by atoms with E-state index in [1.54, 1.807) is 21.3 Å². The molecule has 0 atom stereocenters. The summed E-state index contributed by atoms with van der Waals surface area (Å²) in [5.74, 6) is 0. The molecule has 1 heterocycles. The van der Waals surface area contributed by atoms with Gasteiger partial charge in [0.25, 0.3) is 0 Å². The first-order chi connectivity index (χ1) is 8.15. The van der Waals surface area contributed by atoms with Gasteiger partial charge in [0.1, 0.15) is 0 Å². The van der Waals surface area contributed by atoms with Crippen molar-refractivity contribution < 1.29 is 13.3 Å². The summed E-state index contributed by atoms with van der Waals surface area (Å²) in [6.07, 6.45) is 3.28. The molecule has 0 aliphatic carbocycles. The van der Waals surface area contributed by atoms with Crippen molar-refractivity contribution in [3.63, 3.8) is 0 Å². The first kappa shape index (κ1) is 15.1. The Labute approximate surface area is 106 Å². The first-order valence-corrected chi connectivity index (χ1v) is 8.22. The van der Waals surface area contributed by atoms with Crippen LogP contribution in [0, 0.1) is 0 Å². The molecule has 1 saturated heterocycles. The molecule has 102 valence electrons. The van der Waals surface area contributed by atoms with Crippen LogP contribution in [-0.4, -0.2) is 60.7 Å². The Morgan fingerprint density at radius 1 is 1.12 bits per heavy atom. The molecule has 1 rings (SSSR count). The highest BCUT2D eigenvalue weighted by atomic mass is 28.4. The monoisotopic (exact) mass is 262 g/mol. The smallest absolute Gasteiger partial charge is 0.377 e. The van der Waals surface area contributed by atoms with Gasteiger partial charge in [-0.25, -0.2) is 0 Å². The maximum atomic E-state index is 5.88. The van der Waals surface area contributed by atoms with Crippen LogP contribution in [0.15, 0.2) is 0 Å². The SMILES string of the molecule is CO[Si](CCCN1CCC(N)CC1)(OC)OC. The minimum Gasteiger partial charge on any atom is -0.377 e. The van der Waals surface area contributed by atoms with Crippen molar-refractivity contribution in [3.05, 3.63) is 0 Å². The highest BCUT2D eigenvalue weighted by Crippen LogP contribution is 2.16. The molecule has 0 aromatic rings. The molecule has 0 amide bonds. The topological polar surface area (TPSA) is 57.0 Å². The Hall–Kier alpha value is 0.0169. The molecular formula is C11H26N2O3Si. The Balaban J connectivity index is 2.22. The number of rotatable bonds is 7. The zero-order valence-electron chi connectivity index (χ0n) is 11.3. The molecule has 0 bridgehead atoms. The first-order valence-electron chi connectivity index (χ1n) is 6.29. The largest absolute Gasteiger partial charge is 0.500 e. The second-order valence-corrected chi connectivity index (χ2v) is 7.67. The zero-order chi connectivity index (χ0) is 12.7. The maximum absolute atomic E-state index is 5.88. The van der Waals surface area contributed by atoms with E-state index >= 15 is 0 Å². The van der Waals surface area contributed by atoms with Gasteiger partial charge in [0, 0.05) is 33.4 Å². The summed E-state index contributed by atoms with van der Waals surface area (Å²) < 4.78 is 16.2. The molecule has 6 heteroatoms. The summed E-state index contributed by atoms with van der Waals surface area (Å²) in [7, 11) is 2.63. The van der Waals surface area contributed by atoms with Gasteiger partial charge in [-0.3, -0.25) is 0 Å². The van der Waals surface area contributed by atoms with Gasteiger partial charge in [0.05, 0.1) is 0 Å². The molecule has 0 unspecified atom stereocenters. The van der Waals surface area contributed by atoms with Crippen LogP contribution in [0.25, 0.3) is 0 Å². The van der Waals surface area contributed by atoms with Crippen molar-refractivity contribution in [2.75, 3.05) is 41.0 Å². The van der Waals surface area contributed by atoms with Crippen LogP contribution < -0.4 is 5.73 Å². The van der Waals surface area contributed by atoms with E-state index in [2.05, 4.69) is 4.90 Å². The van der Waals surface area contributed by atoms with E-state index in [0.717, 1.165) is 44.9 Å². The molecule has 1 fully saturated rings. The summed E-state index contributed by atoms with van der Waals surface area (Å²) in [5.41, 5.74) is 5.88. The van der Waals surface area contributed by atoms with E-state index in [1.165, 1.54) is 0 Å². The molecule has 5 nitrogen and oxygen atoms in total. The second kappa shape index (κ2) is 7.45. The molecule has 17 heavy (non-hydrogen) atoms. The molecule has 2 N–H and O–H groups in total. The van der Waals surface area contributed by atoms with Crippen molar-refractivity contribution in [3.8, 4) is 0 Å². The average Bonchev–Trinajstić information content (AvgIpc) is 2.38. The van der Waals surface area contributed by atoms with Crippen LogP contribution in [0.2, 0.25) is 6.04 Å². The predicted octanol–water partition coefficient (Wildman–Crippen LogP) is 0.678. The third-order valence-electron chi connectivity index (χ3n) is 3.52. The second-order valence-electron chi connectivity index (χ2n) is 4.58. The third kappa shape index (κ3) is 4.65. The molecular weight excluding hydrogens is 236 g/mol. The number of nitrogens with two attached hydrogens (primary N) is 1. The highest BCUT2D eigenvalue weighted by Gasteiger charge is 2.37. The Morgan fingerprint density at radius 2 is 1.65 bits per heavy atom. The number of hydrogen-bond donors (Lipinski definition) is 1. The summed E-state index contributed by atoms with van der Waals surface area (Å²) in [6.45, 7) is 3.31. The minimum absolute atomic E-state index is 0.400. The fourth-order valence-electron chi connectivity index (χ4n) is 2.25. The lowest BCUT2D eigenvalue weighted by Crippen LogP contribution is -2.44. The van der Waals surface area contributed by atoms with E-state index in [4.69, 9.17) is 19.0 Å². The normalized spacial score (nSPS) is 19.8. The van der Waals surface area contributed by atoms with Crippen LogP contribution in [0.1, 0.15) is 19.3 Å². The van der Waals surface area contributed by atoms with Gasteiger partial charge in [0.15, 0.2) is 0 Å². The van der Waals surface area contributed by atoms with Crippen molar-refractivity contribution >= 4 is 8.80 Å². The van der Waals surface area contributed by atoms with Gasteiger partial charge in [-0.2, -0.15) is 0 Å². The molecule has 0 saturated carbocycles. The van der Waals surface area contributed by atoms with E-state index in [1.807, 2.05) is 0 Å². The van der Waals surface area contributed by atoms with Crippen LogP contribution in [0.5, 0.6) is 0 Å². The highest BCUT2D eigenvalue weighted by molar-refractivity contribution is 6.60. The summed E-state index contributed by atoms with van der Waals surface area (Å²) in [6, 6.07) is 1.27. The Morgan fingerprint density at radius 3 is 2.12 bits per heavy atom. The van der Waals surface area contributed by atoms with Gasteiger partial charge >= 0.3 is 8.80 Å². The number of hydrogen-bond acceptors (Lipinski definition) is 5. The summed E-state index contributed by atoms with van der Waals surface area (Å²) >= 11 is 0. The molecule has 0 spiro atoms. The molecule has 0 radical (unpaired) electrons. The van der Waals surface area contributed by atoms with E-state index < -0.39 is 8.80 Å². The van der Waals surface area contributed by atoms with Crippen LogP contribution in [-0.2, 0) is 13.3 Å². The Kier molecular flexibility index (Phi) is 6.61. The number of piperidine rings is 1. The fraction of sp³-hybridized carbons (Fsp3) is 1.00. The minimum atomic E-state index is -2.37. The van der Waals surface area contributed by atoms with Gasteiger partial charge in [0.2, 0.25) is 0 Å². The molecule has 0 aromatic carbocycles. The number of nitrogens with zero attached hydrogens (tertiary/aromatic N) is 1. The lowest BCUT2D eigenvalue weighted by Gasteiger charge is -2.31. The summed E-state index contributed by atoms with van der Waals surface area (Å²) in [5, 5.41) is 0. The summed E-state index contributed by atoms with van der Waals surface area (Å²) in [4.78, 5) is 2.46. The predicted molar refractivity (Wildman–Crippen MR) is 69.9 cm³/mol. The van der Waals surface area contributed by atoms with Crippen molar-refractivity contribution in [2.24, 2.45) is 5.73 Å². The molecule has 1 aliphatic heterocycles. The van der Waals surface area contributed by atoms with Gasteiger partial charge in [-0.15, -0.1) is 0 Å². The zero-order valence-corrected chi connectivity index (χ0v) is 12.3. The fourth-order valence-corrected chi connectivity index (χ4v) is 3.96. The van der Waals surface area contributed by atoms with E-state index in [9.17, 15) is 0 Å². The molecule has 1 aliphatic rings. The van der Waals surface area contributed by atoms with Crippen molar-refractivity contribution in [2.45, 2.75) is 31.3 Å². The number of likely N-dealkylation sites (tertiary alicyclic amines) is 1. The molecule has 0 aromatic heterocycles. The standard InChI is InChI=1S/C11H26N2O3Si/c1-14-17(15-2,16-3)10-4-7-13-8-5-11(12)6-9-13/h11H,4-10,12H2,1-3H3. The lowest BCUT2D eigenvalue weighted by atomic mass is 10.1. The lowest BCUT2D eigenvalue weighted by molar-refractivity contribution is 0.120.